The van der Waals surface area contributed by atoms with Crippen LogP contribution in [0.15, 0.2) is 67.3 Å². The highest BCUT2D eigenvalue weighted by Crippen LogP contribution is 2.45. The summed E-state index contributed by atoms with van der Waals surface area (Å²) in [5.74, 6) is 0.0538. The van der Waals surface area contributed by atoms with Crippen LogP contribution in [0.5, 0.6) is 17.2 Å². The molecule has 0 amide bonds. The van der Waals surface area contributed by atoms with Gasteiger partial charge in [-0.1, -0.05) is 24.3 Å². The monoisotopic (exact) mass is 390 g/mol. The molecule has 1 atom stereocenters. The summed E-state index contributed by atoms with van der Waals surface area (Å²) in [6.45, 7) is 0. The van der Waals surface area contributed by atoms with Crippen molar-refractivity contribution in [3.63, 3.8) is 0 Å². The molecule has 0 radical (unpaired) electrons. The molecule has 29 heavy (non-hydrogen) atoms. The lowest BCUT2D eigenvalue weighted by Crippen LogP contribution is -2.31. The van der Waals surface area contributed by atoms with Crippen LogP contribution in [-0.2, 0) is 0 Å². The summed E-state index contributed by atoms with van der Waals surface area (Å²) in [6.07, 6.45) is 0. The van der Waals surface area contributed by atoms with Crippen molar-refractivity contribution in [1.82, 2.24) is 9.97 Å². The molecule has 1 aliphatic rings. The van der Waals surface area contributed by atoms with E-state index < -0.39 is 22.8 Å². The molecule has 5 rings (SSSR count). The molecule has 0 bridgehead atoms. The molecule has 3 heterocycles. The number of methoxy groups -OCH3 is 1. The molecule has 4 aromatic rings. The zero-order valence-corrected chi connectivity index (χ0v) is 15.1. The molecule has 0 aliphatic carbocycles. The highest BCUT2D eigenvalue weighted by atomic mass is 16.5. The Morgan fingerprint density at radius 2 is 1.69 bits per heavy atom. The van der Waals surface area contributed by atoms with Crippen LogP contribution in [0.4, 0.5) is 0 Å². The van der Waals surface area contributed by atoms with Gasteiger partial charge in [-0.2, -0.15) is 0 Å². The minimum atomic E-state index is -0.754. The lowest BCUT2D eigenvalue weighted by molar-refractivity contribution is 0.414. The van der Waals surface area contributed by atoms with Crippen molar-refractivity contribution in [2.24, 2.45) is 0 Å². The van der Waals surface area contributed by atoms with E-state index in [9.17, 15) is 14.4 Å². The Balaban J connectivity index is 1.89. The summed E-state index contributed by atoms with van der Waals surface area (Å²) in [5.41, 5.74) is -0.558. The first-order valence-corrected chi connectivity index (χ1v) is 8.81. The number of hydrogen-bond acceptors (Lipinski definition) is 6. The second-order valence-electron chi connectivity index (χ2n) is 6.59. The van der Waals surface area contributed by atoms with Crippen LogP contribution >= 0.6 is 0 Å². The Kier molecular flexibility index (Phi) is 3.67. The van der Waals surface area contributed by atoms with Crippen LogP contribution in [0.25, 0.3) is 11.0 Å². The Bertz CT molecular complexity index is 1430. The smallest absolute Gasteiger partial charge is 0.344 e. The van der Waals surface area contributed by atoms with Gasteiger partial charge in [0, 0.05) is 0 Å². The van der Waals surface area contributed by atoms with Gasteiger partial charge in [0.05, 0.1) is 29.7 Å². The molecule has 0 spiro atoms. The highest BCUT2D eigenvalue weighted by Gasteiger charge is 2.36. The first-order valence-electron chi connectivity index (χ1n) is 8.81. The van der Waals surface area contributed by atoms with Crippen LogP contribution in [-0.4, -0.2) is 17.1 Å². The number of aromatic nitrogens is 2. The number of ether oxygens (including phenoxy) is 2. The van der Waals surface area contributed by atoms with E-state index in [1.165, 1.54) is 0 Å². The van der Waals surface area contributed by atoms with Gasteiger partial charge in [0.2, 0.25) is 5.75 Å². The van der Waals surface area contributed by atoms with Gasteiger partial charge in [0.15, 0.2) is 0 Å². The van der Waals surface area contributed by atoms with Crippen LogP contribution in [0, 0.1) is 0 Å². The average Bonchev–Trinajstić information content (AvgIpc) is 2.73. The van der Waals surface area contributed by atoms with Crippen molar-refractivity contribution in [2.45, 2.75) is 5.92 Å². The average molecular weight is 390 g/mol. The molecule has 144 valence electrons. The van der Waals surface area contributed by atoms with Crippen molar-refractivity contribution in [3.8, 4) is 17.2 Å². The SMILES string of the molecule is COc1ccc(C2c3[nH]c(=O)[nH]c(=O)c3Oc3c2c(=O)oc2ccccc32)cc1. The fourth-order valence-electron chi connectivity index (χ4n) is 3.67. The minimum Gasteiger partial charge on any atom is -0.497 e. The molecule has 0 saturated heterocycles. The Hall–Kier alpha value is -4.07. The standard InChI is InChI=1S/C21H14N2O6/c1-27-11-8-6-10(7-9-11)14-15-17(12-4-2-3-5-13(12)28-20(15)25)29-18-16(14)22-21(26)23-19(18)24/h2-9,14H,1H3,(H2,22,23,24,26). The number of H-pyrrole nitrogens is 2. The number of nitrogens with one attached hydrogen (secondary N) is 2. The molecular weight excluding hydrogens is 376 g/mol. The van der Waals surface area contributed by atoms with E-state index in [1.807, 2.05) is 0 Å². The minimum absolute atomic E-state index is 0.0614. The van der Waals surface area contributed by atoms with Gasteiger partial charge < -0.3 is 18.9 Å². The first kappa shape index (κ1) is 17.1. The van der Waals surface area contributed by atoms with Crippen molar-refractivity contribution in [2.75, 3.05) is 7.11 Å². The van der Waals surface area contributed by atoms with Gasteiger partial charge in [-0.25, -0.2) is 9.59 Å². The topological polar surface area (TPSA) is 114 Å². The van der Waals surface area contributed by atoms with Crippen molar-refractivity contribution < 1.29 is 13.9 Å². The third-order valence-corrected chi connectivity index (χ3v) is 4.96. The fraction of sp³-hybridized carbons (Fsp3) is 0.0952. The maximum atomic E-state index is 12.9. The maximum Gasteiger partial charge on any atom is 0.344 e. The van der Waals surface area contributed by atoms with E-state index in [4.69, 9.17) is 13.9 Å². The van der Waals surface area contributed by atoms with Gasteiger partial charge in [0.25, 0.3) is 5.56 Å². The Morgan fingerprint density at radius 1 is 0.931 bits per heavy atom. The summed E-state index contributed by atoms with van der Waals surface area (Å²) in [4.78, 5) is 42.1. The van der Waals surface area contributed by atoms with E-state index in [2.05, 4.69) is 9.97 Å². The van der Waals surface area contributed by atoms with Gasteiger partial charge in [-0.3, -0.25) is 9.78 Å². The second kappa shape index (κ2) is 6.23. The van der Waals surface area contributed by atoms with Crippen LogP contribution in [0.1, 0.15) is 22.7 Å². The van der Waals surface area contributed by atoms with Gasteiger partial charge in [-0.15, -0.1) is 0 Å². The summed E-state index contributed by atoms with van der Waals surface area (Å²) in [6, 6.07) is 13.9. The van der Waals surface area contributed by atoms with Crippen LogP contribution < -0.4 is 26.3 Å². The highest BCUT2D eigenvalue weighted by molar-refractivity contribution is 5.86. The number of fused-ring (bicyclic) bond motifs is 4. The largest absolute Gasteiger partial charge is 0.497 e. The van der Waals surface area contributed by atoms with Gasteiger partial charge in [0.1, 0.15) is 17.1 Å². The molecule has 8 nitrogen and oxygen atoms in total. The van der Waals surface area contributed by atoms with E-state index >= 15 is 0 Å². The lowest BCUT2D eigenvalue weighted by Gasteiger charge is -2.26. The molecule has 2 aromatic heterocycles. The van der Waals surface area contributed by atoms with E-state index in [1.54, 1.807) is 55.6 Å². The zero-order valence-electron chi connectivity index (χ0n) is 15.1. The molecule has 2 aromatic carbocycles. The van der Waals surface area contributed by atoms with Crippen molar-refractivity contribution in [1.29, 1.82) is 0 Å². The van der Waals surface area contributed by atoms with Crippen LogP contribution in [0.2, 0.25) is 0 Å². The molecular formula is C21H14N2O6. The summed E-state index contributed by atoms with van der Waals surface area (Å²) < 4.78 is 16.5. The number of benzene rings is 2. The van der Waals surface area contributed by atoms with Gasteiger partial charge >= 0.3 is 11.3 Å². The van der Waals surface area contributed by atoms with E-state index in [0.717, 1.165) is 0 Å². The third kappa shape index (κ3) is 2.57. The molecule has 1 aliphatic heterocycles. The third-order valence-electron chi connectivity index (χ3n) is 4.96. The molecule has 0 saturated carbocycles. The summed E-state index contributed by atoms with van der Waals surface area (Å²) >= 11 is 0. The summed E-state index contributed by atoms with van der Waals surface area (Å²) in [5, 5.41) is 0.553. The van der Waals surface area contributed by atoms with Gasteiger partial charge in [-0.05, 0) is 29.8 Å². The quantitative estimate of drug-likeness (QED) is 0.448. The maximum absolute atomic E-state index is 12.9. The number of hydrogen-bond donors (Lipinski definition) is 2. The predicted molar refractivity (Wildman–Crippen MR) is 104 cm³/mol. The Morgan fingerprint density at radius 3 is 2.45 bits per heavy atom. The Labute approximate surface area is 162 Å². The normalized spacial score (nSPS) is 14.7. The molecule has 1 unspecified atom stereocenters. The first-order chi connectivity index (χ1) is 14.1. The lowest BCUT2D eigenvalue weighted by atomic mass is 9.86. The number of para-hydroxylation sites is 1. The van der Waals surface area contributed by atoms with Crippen molar-refractivity contribution in [3.05, 3.63) is 96.6 Å². The number of aromatic amines is 2. The fourth-order valence-corrected chi connectivity index (χ4v) is 3.67. The molecule has 8 heteroatoms. The molecule has 2 N–H and O–H groups in total. The van der Waals surface area contributed by atoms with Crippen molar-refractivity contribution >= 4 is 11.0 Å². The molecule has 0 fully saturated rings. The predicted octanol–water partition coefficient (Wildman–Crippen LogP) is 2.46. The summed E-state index contributed by atoms with van der Waals surface area (Å²) in [7, 11) is 1.55. The zero-order chi connectivity index (χ0) is 20.1. The second-order valence-corrected chi connectivity index (χ2v) is 6.59. The van der Waals surface area contributed by atoms with Crippen LogP contribution in [0.3, 0.4) is 0 Å². The number of rotatable bonds is 2. The van der Waals surface area contributed by atoms with E-state index in [-0.39, 0.29) is 22.8 Å². The van der Waals surface area contributed by atoms with E-state index in [0.29, 0.717) is 22.3 Å².